The lowest BCUT2D eigenvalue weighted by molar-refractivity contribution is -0.0363. The van der Waals surface area contributed by atoms with Crippen molar-refractivity contribution >= 4 is 17.6 Å². The number of nitrogens with zero attached hydrogens (tertiary/aromatic N) is 4. The average Bonchev–Trinajstić information content (AvgIpc) is 3.06. The number of esters is 1. The van der Waals surface area contributed by atoms with Crippen molar-refractivity contribution in [1.82, 2.24) is 9.55 Å². The third-order valence-electron chi connectivity index (χ3n) is 4.32. The molecule has 1 aromatic heterocycles. The van der Waals surface area contributed by atoms with Crippen LogP contribution < -0.4 is 11.2 Å². The smallest absolute Gasteiger partial charge is 0.338 e. The molecule has 0 radical (unpaired) electrons. The fourth-order valence-corrected chi connectivity index (χ4v) is 2.98. The van der Waals surface area contributed by atoms with Crippen LogP contribution in [0.25, 0.3) is 10.4 Å². The number of aromatic nitrogens is 2. The molecule has 3 rings (SSSR count). The molecule has 0 bridgehead atoms. The van der Waals surface area contributed by atoms with E-state index in [1.54, 1.807) is 19.1 Å². The van der Waals surface area contributed by atoms with Crippen LogP contribution in [0.2, 0.25) is 5.02 Å². The number of H-pyrrole nitrogens is 1. The van der Waals surface area contributed by atoms with Crippen LogP contribution in [0.15, 0.2) is 45.2 Å². The number of ether oxygens (including phenoxy) is 2. The summed E-state index contributed by atoms with van der Waals surface area (Å²) in [5, 5.41) is 4.16. The van der Waals surface area contributed by atoms with Crippen LogP contribution in [0, 0.1) is 6.92 Å². The van der Waals surface area contributed by atoms with Crippen LogP contribution in [0.1, 0.15) is 28.6 Å². The molecule has 1 aliphatic heterocycles. The Kier molecular flexibility index (Phi) is 5.84. The Morgan fingerprint density at radius 3 is 2.82 bits per heavy atom. The Bertz CT molecular complexity index is 1040. The Labute approximate surface area is 163 Å². The predicted molar refractivity (Wildman–Crippen MR) is 99.3 cm³/mol. The van der Waals surface area contributed by atoms with Gasteiger partial charge >= 0.3 is 11.7 Å². The number of nitrogens with one attached hydrogen (secondary N) is 1. The van der Waals surface area contributed by atoms with E-state index in [-0.39, 0.29) is 13.0 Å². The molecule has 1 aliphatic rings. The lowest BCUT2D eigenvalue weighted by Gasteiger charge is -2.17. The standard InChI is InChI=1S/C17H16ClN5O5/c1-9-7-23(17(26)20-15(9)24)14-6-12(21-22-19)13(28-14)8-27-16(25)10-2-4-11(18)5-3-10/h2-5,7,12-14H,6,8H2,1H3,(H,20,24,26)/t12-,13+,14+/m0/s1. The van der Waals surface area contributed by atoms with Gasteiger partial charge in [-0.3, -0.25) is 14.3 Å². The maximum Gasteiger partial charge on any atom is 0.338 e. The number of halogens is 1. The summed E-state index contributed by atoms with van der Waals surface area (Å²) in [6, 6.07) is 5.53. The minimum absolute atomic E-state index is 0.168. The van der Waals surface area contributed by atoms with Gasteiger partial charge in [0.1, 0.15) is 18.9 Å². The zero-order valence-corrected chi connectivity index (χ0v) is 15.5. The molecule has 28 heavy (non-hydrogen) atoms. The SMILES string of the molecule is Cc1cn([C@H]2C[C@H](N=[N+]=[N-])[C@@H](COC(=O)c3ccc(Cl)cc3)O2)c(=O)[nH]c1=O. The molecule has 2 aromatic rings. The normalized spacial score (nSPS) is 21.1. The molecule has 0 amide bonds. The van der Waals surface area contributed by atoms with Gasteiger partial charge in [-0.05, 0) is 36.7 Å². The van der Waals surface area contributed by atoms with Gasteiger partial charge in [0.2, 0.25) is 0 Å². The van der Waals surface area contributed by atoms with Crippen molar-refractivity contribution in [3.05, 3.63) is 77.9 Å². The first-order valence-electron chi connectivity index (χ1n) is 8.33. The van der Waals surface area contributed by atoms with Crippen LogP contribution in [-0.4, -0.2) is 34.3 Å². The van der Waals surface area contributed by atoms with Gasteiger partial charge in [-0.1, -0.05) is 16.7 Å². The summed E-state index contributed by atoms with van der Waals surface area (Å²) in [7, 11) is 0. The first-order valence-corrected chi connectivity index (χ1v) is 8.71. The number of aryl methyl sites for hydroxylation is 1. The summed E-state index contributed by atoms with van der Waals surface area (Å²) in [5.41, 5.74) is 8.30. The number of benzene rings is 1. The maximum atomic E-state index is 12.1. The highest BCUT2D eigenvalue weighted by atomic mass is 35.5. The molecule has 0 spiro atoms. The highest BCUT2D eigenvalue weighted by Crippen LogP contribution is 2.30. The number of carbonyl (C=O) groups is 1. The van der Waals surface area contributed by atoms with E-state index in [9.17, 15) is 14.4 Å². The van der Waals surface area contributed by atoms with E-state index in [1.165, 1.54) is 22.9 Å². The number of hydrogen-bond donors (Lipinski definition) is 1. The highest BCUT2D eigenvalue weighted by Gasteiger charge is 2.37. The molecule has 1 saturated heterocycles. The molecule has 1 fully saturated rings. The Hall–Kier alpha value is -3.07. The zero-order valence-electron chi connectivity index (χ0n) is 14.7. The lowest BCUT2D eigenvalue weighted by atomic mass is 10.1. The fraction of sp³-hybridized carbons (Fsp3) is 0.353. The van der Waals surface area contributed by atoms with Crippen LogP contribution in [0.4, 0.5) is 0 Å². The van der Waals surface area contributed by atoms with E-state index < -0.39 is 35.6 Å². The minimum Gasteiger partial charge on any atom is -0.459 e. The molecule has 10 nitrogen and oxygen atoms in total. The van der Waals surface area contributed by atoms with Crippen molar-refractivity contribution in [3.8, 4) is 0 Å². The van der Waals surface area contributed by atoms with Gasteiger partial charge in [-0.25, -0.2) is 9.59 Å². The van der Waals surface area contributed by atoms with Crippen LogP contribution in [0.5, 0.6) is 0 Å². The van der Waals surface area contributed by atoms with E-state index >= 15 is 0 Å². The van der Waals surface area contributed by atoms with Gasteiger partial charge in [0, 0.05) is 28.1 Å². The van der Waals surface area contributed by atoms with E-state index in [0.29, 0.717) is 16.1 Å². The summed E-state index contributed by atoms with van der Waals surface area (Å²) in [6.45, 7) is 1.39. The van der Waals surface area contributed by atoms with Crippen molar-refractivity contribution < 1.29 is 14.3 Å². The number of rotatable bonds is 5. The van der Waals surface area contributed by atoms with Crippen molar-refractivity contribution in [2.75, 3.05) is 6.61 Å². The van der Waals surface area contributed by atoms with Gasteiger partial charge in [-0.15, -0.1) is 0 Å². The van der Waals surface area contributed by atoms with E-state index in [0.717, 1.165) is 0 Å². The highest BCUT2D eigenvalue weighted by molar-refractivity contribution is 6.30. The predicted octanol–water partition coefficient (Wildman–Crippen LogP) is 2.32. The molecular weight excluding hydrogens is 390 g/mol. The zero-order chi connectivity index (χ0) is 20.3. The molecule has 146 valence electrons. The van der Waals surface area contributed by atoms with Gasteiger partial charge < -0.3 is 9.47 Å². The lowest BCUT2D eigenvalue weighted by Crippen LogP contribution is -2.33. The average molecular weight is 406 g/mol. The first-order chi connectivity index (χ1) is 13.4. The molecule has 0 aliphatic carbocycles. The number of hydrogen-bond acceptors (Lipinski definition) is 6. The molecule has 1 N–H and O–H groups in total. The molecule has 0 unspecified atom stereocenters. The van der Waals surface area contributed by atoms with E-state index in [1.807, 2.05) is 0 Å². The van der Waals surface area contributed by atoms with Crippen molar-refractivity contribution in [3.63, 3.8) is 0 Å². The summed E-state index contributed by atoms with van der Waals surface area (Å²) < 4.78 is 12.2. The third-order valence-corrected chi connectivity index (χ3v) is 4.57. The fourth-order valence-electron chi connectivity index (χ4n) is 2.85. The van der Waals surface area contributed by atoms with Gasteiger partial charge in [0.25, 0.3) is 5.56 Å². The van der Waals surface area contributed by atoms with Gasteiger partial charge in [-0.2, -0.15) is 0 Å². The quantitative estimate of drug-likeness (QED) is 0.352. The monoisotopic (exact) mass is 405 g/mol. The van der Waals surface area contributed by atoms with Crippen LogP contribution in [-0.2, 0) is 9.47 Å². The summed E-state index contributed by atoms with van der Waals surface area (Å²) in [4.78, 5) is 40.7. The number of aromatic amines is 1. The second-order valence-electron chi connectivity index (χ2n) is 6.22. The summed E-state index contributed by atoms with van der Waals surface area (Å²) >= 11 is 5.79. The van der Waals surface area contributed by atoms with Crippen molar-refractivity contribution in [2.45, 2.75) is 31.7 Å². The Morgan fingerprint density at radius 2 is 2.14 bits per heavy atom. The second-order valence-corrected chi connectivity index (χ2v) is 6.66. The van der Waals surface area contributed by atoms with E-state index in [2.05, 4.69) is 15.0 Å². The number of carbonyl (C=O) groups excluding carboxylic acids is 1. The van der Waals surface area contributed by atoms with Crippen LogP contribution in [0.3, 0.4) is 0 Å². The second kappa shape index (κ2) is 8.30. The third kappa shape index (κ3) is 4.25. The minimum atomic E-state index is -0.766. The maximum absolute atomic E-state index is 12.1. The topological polar surface area (TPSA) is 139 Å². The largest absolute Gasteiger partial charge is 0.459 e. The summed E-state index contributed by atoms with van der Waals surface area (Å²) in [6.07, 6.45) is 0.0636. The van der Waals surface area contributed by atoms with Crippen molar-refractivity contribution in [2.24, 2.45) is 5.11 Å². The molecule has 2 heterocycles. The first kappa shape index (κ1) is 19.7. The summed E-state index contributed by atoms with van der Waals surface area (Å²) in [5.74, 6) is -0.583. The Morgan fingerprint density at radius 1 is 1.43 bits per heavy atom. The molecular formula is C17H16ClN5O5. The van der Waals surface area contributed by atoms with Gasteiger partial charge in [0.05, 0.1) is 11.6 Å². The molecule has 1 aromatic carbocycles. The molecule has 3 atom stereocenters. The van der Waals surface area contributed by atoms with E-state index in [4.69, 9.17) is 26.6 Å². The van der Waals surface area contributed by atoms with Crippen molar-refractivity contribution in [1.29, 1.82) is 0 Å². The van der Waals surface area contributed by atoms with Gasteiger partial charge in [0.15, 0.2) is 0 Å². The number of azide groups is 1. The Balaban J connectivity index is 1.73. The molecule has 11 heteroatoms. The van der Waals surface area contributed by atoms with Crippen LogP contribution >= 0.6 is 11.6 Å². The molecule has 0 saturated carbocycles.